The van der Waals surface area contributed by atoms with Crippen molar-refractivity contribution in [3.8, 4) is 44.9 Å². The number of fused-ring (bicyclic) bond motifs is 12. The van der Waals surface area contributed by atoms with Crippen molar-refractivity contribution in [1.29, 1.82) is 0 Å². The van der Waals surface area contributed by atoms with Crippen molar-refractivity contribution < 1.29 is 0 Å². The van der Waals surface area contributed by atoms with E-state index in [9.17, 15) is 0 Å². The zero-order chi connectivity index (χ0) is 31.7. The molecule has 0 bridgehead atoms. The lowest BCUT2D eigenvalue weighted by molar-refractivity contribution is 0.661. The number of benzene rings is 6. The molecule has 0 amide bonds. The smallest absolute Gasteiger partial charge is 0.160 e. The predicted octanol–water partition coefficient (Wildman–Crippen LogP) is 11.9. The van der Waals surface area contributed by atoms with Crippen molar-refractivity contribution in [3.63, 3.8) is 0 Å². The molecule has 2 aliphatic rings. The van der Waals surface area contributed by atoms with E-state index < -0.39 is 0 Å². The Kier molecular flexibility index (Phi) is 5.32. The average Bonchev–Trinajstić information content (AvgIpc) is 3.67. The van der Waals surface area contributed by atoms with Crippen LogP contribution in [0.1, 0.15) is 49.9 Å². The summed E-state index contributed by atoms with van der Waals surface area (Å²) in [5.74, 6) is 0.766. The van der Waals surface area contributed by atoms with Crippen LogP contribution in [0.15, 0.2) is 121 Å². The zero-order valence-corrected chi connectivity index (χ0v) is 27.7. The van der Waals surface area contributed by atoms with Crippen LogP contribution in [0.25, 0.3) is 76.0 Å². The first-order chi connectivity index (χ1) is 22.8. The summed E-state index contributed by atoms with van der Waals surface area (Å²) in [6.45, 7) is 9.40. The van der Waals surface area contributed by atoms with Crippen LogP contribution < -0.4 is 0 Å². The molecule has 3 heteroatoms. The second-order valence-corrected chi connectivity index (χ2v) is 15.2. The van der Waals surface area contributed by atoms with Crippen LogP contribution >= 0.6 is 11.3 Å². The van der Waals surface area contributed by atoms with Crippen LogP contribution in [-0.4, -0.2) is 9.97 Å². The van der Waals surface area contributed by atoms with Crippen molar-refractivity contribution in [3.05, 3.63) is 144 Å². The minimum absolute atomic E-state index is 0.0891. The number of hydrogen-bond acceptors (Lipinski definition) is 3. The Bertz CT molecular complexity index is 2620. The molecule has 2 nitrogen and oxygen atoms in total. The normalized spacial score (nSPS) is 15.1. The molecule has 224 valence electrons. The molecule has 0 unspecified atom stereocenters. The van der Waals surface area contributed by atoms with Gasteiger partial charge in [-0.15, -0.1) is 11.3 Å². The van der Waals surface area contributed by atoms with E-state index in [2.05, 4.69) is 149 Å². The van der Waals surface area contributed by atoms with Crippen LogP contribution in [0.3, 0.4) is 0 Å². The van der Waals surface area contributed by atoms with E-state index in [1.807, 2.05) is 11.3 Å². The lowest BCUT2D eigenvalue weighted by Crippen LogP contribution is -2.16. The highest BCUT2D eigenvalue weighted by Crippen LogP contribution is 2.55. The van der Waals surface area contributed by atoms with Crippen molar-refractivity contribution >= 4 is 42.4 Å². The molecule has 0 N–H and O–H groups in total. The number of rotatable bonds is 2. The molecule has 0 saturated carbocycles. The summed E-state index contributed by atoms with van der Waals surface area (Å²) in [5.41, 5.74) is 14.6. The molecule has 0 atom stereocenters. The van der Waals surface area contributed by atoms with E-state index in [0.29, 0.717) is 0 Å². The Morgan fingerprint density at radius 2 is 1.28 bits per heavy atom. The first kappa shape index (κ1) is 27.0. The quantitative estimate of drug-likeness (QED) is 0.192. The molecule has 0 spiro atoms. The van der Waals surface area contributed by atoms with Gasteiger partial charge in [0.15, 0.2) is 5.82 Å². The summed E-state index contributed by atoms with van der Waals surface area (Å²) in [6.07, 6.45) is 0. The van der Waals surface area contributed by atoms with Crippen LogP contribution in [0.4, 0.5) is 0 Å². The van der Waals surface area contributed by atoms with E-state index in [0.717, 1.165) is 33.5 Å². The topological polar surface area (TPSA) is 25.8 Å². The number of hydrogen-bond donors (Lipinski definition) is 0. The summed E-state index contributed by atoms with van der Waals surface area (Å²) in [6, 6.07) is 44.3. The molecule has 6 aromatic carbocycles. The van der Waals surface area contributed by atoms with Gasteiger partial charge in [-0.1, -0.05) is 131 Å². The highest BCUT2D eigenvalue weighted by atomic mass is 32.1. The molecule has 0 aliphatic heterocycles. The lowest BCUT2D eigenvalue weighted by atomic mass is 9.80. The number of thiophene rings is 1. The van der Waals surface area contributed by atoms with Gasteiger partial charge in [0, 0.05) is 53.1 Å². The third-order valence-electron chi connectivity index (χ3n) is 10.9. The highest BCUT2D eigenvalue weighted by Gasteiger charge is 2.39. The first-order valence-corrected chi connectivity index (χ1v) is 17.2. The van der Waals surface area contributed by atoms with E-state index in [-0.39, 0.29) is 10.8 Å². The molecule has 2 heterocycles. The van der Waals surface area contributed by atoms with Gasteiger partial charge < -0.3 is 0 Å². The third-order valence-corrected chi connectivity index (χ3v) is 12.1. The number of aromatic nitrogens is 2. The minimum Gasteiger partial charge on any atom is -0.228 e. The van der Waals surface area contributed by atoms with Crippen LogP contribution in [-0.2, 0) is 10.8 Å². The maximum Gasteiger partial charge on any atom is 0.160 e. The third kappa shape index (κ3) is 3.55. The van der Waals surface area contributed by atoms with Crippen molar-refractivity contribution in [2.45, 2.75) is 38.5 Å². The largest absolute Gasteiger partial charge is 0.228 e. The van der Waals surface area contributed by atoms with Gasteiger partial charge in [0.1, 0.15) is 0 Å². The number of nitrogens with zero attached hydrogens (tertiary/aromatic N) is 2. The summed E-state index contributed by atoms with van der Waals surface area (Å²) in [5, 5.41) is 3.82. The minimum atomic E-state index is -0.168. The Hall–Kier alpha value is -5.12. The maximum absolute atomic E-state index is 5.45. The fraction of sp³-hybridized carbons (Fsp3) is 0.136. The molecular formula is C44H32N2S. The van der Waals surface area contributed by atoms with Crippen LogP contribution in [0.2, 0.25) is 0 Å². The van der Waals surface area contributed by atoms with Crippen molar-refractivity contribution in [2.75, 3.05) is 0 Å². The van der Waals surface area contributed by atoms with E-state index in [1.165, 1.54) is 64.7 Å². The molecule has 0 fully saturated rings. The average molecular weight is 621 g/mol. The SMILES string of the molecule is CC1(C)c2ccc(-c3nc(-c4ccccc4)c4c5c(ccc4n3)-c3ccccc3C5(C)C)cc2-c2c1ccc1c2sc2ccccc21. The monoisotopic (exact) mass is 620 g/mol. The van der Waals surface area contributed by atoms with Gasteiger partial charge in [-0.05, 0) is 57.1 Å². The fourth-order valence-corrected chi connectivity index (χ4v) is 9.85. The van der Waals surface area contributed by atoms with E-state index >= 15 is 0 Å². The molecule has 2 aliphatic carbocycles. The Balaban J connectivity index is 1.24. The fourth-order valence-electron chi connectivity index (χ4n) is 8.59. The highest BCUT2D eigenvalue weighted by molar-refractivity contribution is 7.26. The van der Waals surface area contributed by atoms with Gasteiger partial charge >= 0.3 is 0 Å². The molecule has 0 saturated heterocycles. The van der Waals surface area contributed by atoms with Gasteiger partial charge in [-0.25, -0.2) is 9.97 Å². The van der Waals surface area contributed by atoms with Crippen molar-refractivity contribution in [2.24, 2.45) is 0 Å². The van der Waals surface area contributed by atoms with Crippen LogP contribution in [0.5, 0.6) is 0 Å². The Labute approximate surface area is 278 Å². The van der Waals surface area contributed by atoms with Gasteiger partial charge in [0.2, 0.25) is 0 Å². The van der Waals surface area contributed by atoms with E-state index in [1.54, 1.807) is 0 Å². The summed E-state index contributed by atoms with van der Waals surface area (Å²) in [7, 11) is 0. The Morgan fingerprint density at radius 3 is 2.15 bits per heavy atom. The summed E-state index contributed by atoms with van der Waals surface area (Å²) in [4.78, 5) is 10.8. The second kappa shape index (κ2) is 9.24. The molecular weight excluding hydrogens is 589 g/mol. The van der Waals surface area contributed by atoms with E-state index in [4.69, 9.17) is 9.97 Å². The summed E-state index contributed by atoms with van der Waals surface area (Å²) >= 11 is 1.91. The standard InChI is InChI=1S/C44H32N2S/c1-43(2)33-21-18-26(24-31(33)37-34(43)22-19-30-28-15-9-11-17-36(28)47-41(30)37)42-45-35-23-20-29-27-14-8-10-16-32(27)44(3,4)39(29)38(35)40(46-42)25-12-6-5-7-13-25/h5-24H,1-4H3. The molecule has 0 radical (unpaired) electrons. The van der Waals surface area contributed by atoms with Gasteiger partial charge in [-0.2, -0.15) is 0 Å². The first-order valence-electron chi connectivity index (χ1n) is 16.4. The molecule has 47 heavy (non-hydrogen) atoms. The lowest BCUT2D eigenvalue weighted by Gasteiger charge is -2.24. The maximum atomic E-state index is 5.45. The predicted molar refractivity (Wildman–Crippen MR) is 198 cm³/mol. The molecule has 10 rings (SSSR count). The molecule has 2 aromatic heterocycles. The van der Waals surface area contributed by atoms with Crippen molar-refractivity contribution in [1.82, 2.24) is 9.97 Å². The molecule has 8 aromatic rings. The van der Waals surface area contributed by atoms with Crippen LogP contribution in [0, 0.1) is 0 Å². The van der Waals surface area contributed by atoms with Gasteiger partial charge in [0.25, 0.3) is 0 Å². The second-order valence-electron chi connectivity index (χ2n) is 14.2. The Morgan fingerprint density at radius 1 is 0.532 bits per heavy atom. The summed E-state index contributed by atoms with van der Waals surface area (Å²) < 4.78 is 2.70. The zero-order valence-electron chi connectivity index (χ0n) is 26.8. The van der Waals surface area contributed by atoms with Gasteiger partial charge in [-0.3, -0.25) is 0 Å². The van der Waals surface area contributed by atoms with Gasteiger partial charge in [0.05, 0.1) is 11.2 Å².